The van der Waals surface area contributed by atoms with Crippen LogP contribution in [0.1, 0.15) is 13.8 Å². The van der Waals surface area contributed by atoms with Crippen LogP contribution in [0.2, 0.25) is 0 Å². The van der Waals surface area contributed by atoms with E-state index >= 15 is 0 Å². The lowest BCUT2D eigenvalue weighted by molar-refractivity contribution is -0.121. The molecule has 0 aliphatic heterocycles. The first-order valence-corrected chi connectivity index (χ1v) is 5.60. The molecule has 16 heavy (non-hydrogen) atoms. The van der Waals surface area contributed by atoms with Gasteiger partial charge in [0.05, 0.1) is 11.7 Å². The van der Waals surface area contributed by atoms with Crippen LogP contribution in [0, 0.1) is 5.41 Å². The second-order valence-electron chi connectivity index (χ2n) is 3.98. The topological polar surface area (TPSA) is 29.1 Å². The standard InChI is InChI=1S/C12H13BrFNO/c1-12(2,7-8-14)11(16)15-10-5-3-9(13)4-6-10/h3-8H,1-2H3,(H,15,16)/b8-7+. The lowest BCUT2D eigenvalue weighted by Crippen LogP contribution is -2.28. The molecule has 1 aromatic rings. The SMILES string of the molecule is CC(C)(/C=C/F)C(=O)Nc1ccc(Br)cc1. The molecule has 0 saturated carbocycles. The number of hydrogen-bond donors (Lipinski definition) is 1. The molecule has 0 radical (unpaired) electrons. The zero-order chi connectivity index (χ0) is 12.2. The minimum absolute atomic E-state index is 0.247. The maximum Gasteiger partial charge on any atom is 0.233 e. The average Bonchev–Trinajstić information content (AvgIpc) is 2.21. The van der Waals surface area contributed by atoms with E-state index in [1.165, 1.54) is 6.08 Å². The maximum absolute atomic E-state index is 12.1. The van der Waals surface area contributed by atoms with Gasteiger partial charge >= 0.3 is 0 Å². The van der Waals surface area contributed by atoms with Gasteiger partial charge in [-0.1, -0.05) is 15.9 Å². The van der Waals surface area contributed by atoms with E-state index < -0.39 is 5.41 Å². The Morgan fingerprint density at radius 3 is 2.44 bits per heavy atom. The molecule has 1 rings (SSSR count). The van der Waals surface area contributed by atoms with Crippen LogP contribution < -0.4 is 5.32 Å². The molecule has 86 valence electrons. The van der Waals surface area contributed by atoms with Gasteiger partial charge in [-0.15, -0.1) is 0 Å². The van der Waals surface area contributed by atoms with Crippen molar-refractivity contribution in [1.82, 2.24) is 0 Å². The van der Waals surface area contributed by atoms with E-state index in [9.17, 15) is 9.18 Å². The van der Waals surface area contributed by atoms with Crippen LogP contribution in [-0.2, 0) is 4.79 Å². The lowest BCUT2D eigenvalue weighted by atomic mass is 9.92. The molecule has 1 aromatic carbocycles. The summed E-state index contributed by atoms with van der Waals surface area (Å²) in [6, 6.07) is 7.20. The number of carbonyl (C=O) groups is 1. The van der Waals surface area contributed by atoms with Gasteiger partial charge in [0.1, 0.15) is 0 Å². The van der Waals surface area contributed by atoms with Crippen molar-refractivity contribution in [3.63, 3.8) is 0 Å². The van der Waals surface area contributed by atoms with Crippen LogP contribution >= 0.6 is 15.9 Å². The van der Waals surface area contributed by atoms with Crippen molar-refractivity contribution < 1.29 is 9.18 Å². The van der Waals surface area contributed by atoms with Gasteiger partial charge in [0, 0.05) is 10.2 Å². The zero-order valence-corrected chi connectivity index (χ0v) is 10.7. The number of rotatable bonds is 3. The molecule has 0 saturated heterocycles. The quantitative estimate of drug-likeness (QED) is 0.897. The predicted molar refractivity (Wildman–Crippen MR) is 66.8 cm³/mol. The molecule has 0 fully saturated rings. The monoisotopic (exact) mass is 285 g/mol. The fourth-order valence-corrected chi connectivity index (χ4v) is 1.32. The Balaban J connectivity index is 2.75. The highest BCUT2D eigenvalue weighted by Crippen LogP contribution is 2.21. The Morgan fingerprint density at radius 2 is 1.94 bits per heavy atom. The molecule has 0 aromatic heterocycles. The van der Waals surface area contributed by atoms with Gasteiger partial charge in [-0.3, -0.25) is 4.79 Å². The van der Waals surface area contributed by atoms with Crippen molar-refractivity contribution >= 4 is 27.5 Å². The van der Waals surface area contributed by atoms with Crippen molar-refractivity contribution in [3.8, 4) is 0 Å². The van der Waals surface area contributed by atoms with Gasteiger partial charge in [-0.2, -0.15) is 0 Å². The summed E-state index contributed by atoms with van der Waals surface area (Å²) < 4.78 is 13.0. The summed E-state index contributed by atoms with van der Waals surface area (Å²) in [5.74, 6) is -0.247. The molecule has 0 atom stereocenters. The molecule has 1 N–H and O–H groups in total. The summed E-state index contributed by atoms with van der Waals surface area (Å²) in [4.78, 5) is 11.8. The van der Waals surface area contributed by atoms with Crippen LogP contribution in [0.15, 0.2) is 41.1 Å². The first-order valence-electron chi connectivity index (χ1n) is 4.80. The minimum atomic E-state index is -0.859. The highest BCUT2D eigenvalue weighted by atomic mass is 79.9. The third-order valence-electron chi connectivity index (χ3n) is 2.17. The summed E-state index contributed by atoms with van der Waals surface area (Å²) in [5, 5.41) is 2.72. The van der Waals surface area contributed by atoms with E-state index in [0.717, 1.165) is 4.47 Å². The molecule has 0 aliphatic carbocycles. The van der Waals surface area contributed by atoms with Crippen LogP contribution in [0.25, 0.3) is 0 Å². The van der Waals surface area contributed by atoms with Crippen molar-refractivity contribution in [2.45, 2.75) is 13.8 Å². The molecular weight excluding hydrogens is 273 g/mol. The largest absolute Gasteiger partial charge is 0.325 e. The van der Waals surface area contributed by atoms with Gasteiger partial charge < -0.3 is 5.32 Å². The number of carbonyl (C=O) groups excluding carboxylic acids is 1. The predicted octanol–water partition coefficient (Wildman–Crippen LogP) is 3.90. The molecule has 4 heteroatoms. The highest BCUT2D eigenvalue weighted by molar-refractivity contribution is 9.10. The smallest absolute Gasteiger partial charge is 0.233 e. The van der Waals surface area contributed by atoms with Crippen molar-refractivity contribution in [1.29, 1.82) is 0 Å². The van der Waals surface area contributed by atoms with E-state index in [1.807, 2.05) is 12.1 Å². The zero-order valence-electron chi connectivity index (χ0n) is 9.13. The second kappa shape index (κ2) is 5.25. The number of hydrogen-bond acceptors (Lipinski definition) is 1. The van der Waals surface area contributed by atoms with Gasteiger partial charge in [-0.25, -0.2) is 4.39 Å². The Bertz CT molecular complexity index is 398. The molecular formula is C12H13BrFNO. The van der Waals surface area contributed by atoms with E-state index in [-0.39, 0.29) is 5.91 Å². The number of halogens is 2. The molecule has 0 bridgehead atoms. The third kappa shape index (κ3) is 3.45. The second-order valence-corrected chi connectivity index (χ2v) is 4.89. The summed E-state index contributed by atoms with van der Waals surface area (Å²) in [7, 11) is 0. The highest BCUT2D eigenvalue weighted by Gasteiger charge is 2.24. The lowest BCUT2D eigenvalue weighted by Gasteiger charge is -2.18. The van der Waals surface area contributed by atoms with Crippen molar-refractivity contribution in [2.75, 3.05) is 5.32 Å². The van der Waals surface area contributed by atoms with Crippen LogP contribution in [0.4, 0.5) is 10.1 Å². The van der Waals surface area contributed by atoms with Gasteiger partial charge in [0.15, 0.2) is 0 Å². The average molecular weight is 286 g/mol. The number of amides is 1. The van der Waals surface area contributed by atoms with Crippen LogP contribution in [-0.4, -0.2) is 5.91 Å². The summed E-state index contributed by atoms with van der Waals surface area (Å²) >= 11 is 3.30. The minimum Gasteiger partial charge on any atom is -0.325 e. The third-order valence-corrected chi connectivity index (χ3v) is 2.70. The summed E-state index contributed by atoms with van der Waals surface area (Å²) in [6.07, 6.45) is 1.61. The Kier molecular flexibility index (Phi) is 4.24. The van der Waals surface area contributed by atoms with Gasteiger partial charge in [0.25, 0.3) is 0 Å². The van der Waals surface area contributed by atoms with Crippen molar-refractivity contribution in [3.05, 3.63) is 41.1 Å². The summed E-state index contributed by atoms with van der Waals surface area (Å²) in [6.45, 7) is 3.30. The normalized spacial score (nSPS) is 11.8. The maximum atomic E-state index is 12.1. The Morgan fingerprint density at radius 1 is 1.38 bits per heavy atom. The Hall–Kier alpha value is -1.16. The molecule has 0 spiro atoms. The van der Waals surface area contributed by atoms with E-state index in [4.69, 9.17) is 0 Å². The number of nitrogens with one attached hydrogen (secondary N) is 1. The molecule has 2 nitrogen and oxygen atoms in total. The Labute approximate surface area is 103 Å². The molecule has 0 unspecified atom stereocenters. The molecule has 1 amide bonds. The van der Waals surface area contributed by atoms with Crippen molar-refractivity contribution in [2.24, 2.45) is 5.41 Å². The number of anilines is 1. The van der Waals surface area contributed by atoms with E-state index in [0.29, 0.717) is 12.0 Å². The van der Waals surface area contributed by atoms with E-state index in [2.05, 4.69) is 21.2 Å². The first-order chi connectivity index (χ1) is 7.45. The van der Waals surface area contributed by atoms with Crippen LogP contribution in [0.3, 0.4) is 0 Å². The van der Waals surface area contributed by atoms with E-state index in [1.54, 1.807) is 26.0 Å². The number of benzene rings is 1. The van der Waals surface area contributed by atoms with Gasteiger partial charge in [0.2, 0.25) is 5.91 Å². The fraction of sp³-hybridized carbons (Fsp3) is 0.250. The fourth-order valence-electron chi connectivity index (χ4n) is 1.06. The first kappa shape index (κ1) is 12.9. The summed E-state index contributed by atoms with van der Waals surface area (Å²) in [5.41, 5.74) is -0.171. The molecule has 0 aliphatic rings. The van der Waals surface area contributed by atoms with Gasteiger partial charge in [-0.05, 0) is 44.2 Å². The molecule has 0 heterocycles. The van der Waals surface area contributed by atoms with Crippen LogP contribution in [0.5, 0.6) is 0 Å².